The normalized spacial score (nSPS) is 10.9. The van der Waals surface area contributed by atoms with Crippen LogP contribution in [-0.4, -0.2) is 20.7 Å². The molecule has 22 heavy (non-hydrogen) atoms. The summed E-state index contributed by atoms with van der Waals surface area (Å²) in [5.74, 6) is 0.495. The number of benzene rings is 1. The number of hydrogen-bond acceptors (Lipinski definition) is 3. The fraction of sp³-hybridized carbons (Fsp3) is 0.235. The largest absolute Gasteiger partial charge is 0.308 e. The Balaban J connectivity index is 1.90. The fourth-order valence-corrected chi connectivity index (χ4v) is 2.64. The lowest BCUT2D eigenvalue weighted by molar-refractivity contribution is -0.115. The van der Waals surface area contributed by atoms with Crippen LogP contribution >= 0.6 is 0 Å². The summed E-state index contributed by atoms with van der Waals surface area (Å²) in [4.78, 5) is 16.7. The average Bonchev–Trinajstić information content (AvgIpc) is 2.76. The predicted octanol–water partition coefficient (Wildman–Crippen LogP) is 2.77. The van der Waals surface area contributed by atoms with Crippen LogP contribution in [0.2, 0.25) is 0 Å². The summed E-state index contributed by atoms with van der Waals surface area (Å²) in [6, 6.07) is 11.7. The van der Waals surface area contributed by atoms with Gasteiger partial charge in [0.25, 0.3) is 0 Å². The number of anilines is 1. The Hall–Kier alpha value is -2.69. The highest BCUT2D eigenvalue weighted by atomic mass is 16.1. The predicted molar refractivity (Wildman–Crippen MR) is 86.8 cm³/mol. The van der Waals surface area contributed by atoms with Crippen molar-refractivity contribution in [2.75, 3.05) is 5.32 Å². The summed E-state index contributed by atoms with van der Waals surface area (Å²) in [6.45, 7) is 3.96. The molecule has 5 nitrogen and oxygen atoms in total. The van der Waals surface area contributed by atoms with E-state index < -0.39 is 0 Å². The van der Waals surface area contributed by atoms with Crippen molar-refractivity contribution in [1.82, 2.24) is 14.8 Å². The fourth-order valence-electron chi connectivity index (χ4n) is 2.64. The molecule has 0 spiro atoms. The summed E-state index contributed by atoms with van der Waals surface area (Å²) in [5.41, 5.74) is 3.76. The molecule has 0 bridgehead atoms. The molecule has 0 saturated carbocycles. The van der Waals surface area contributed by atoms with Gasteiger partial charge in [-0.05, 0) is 31.0 Å². The molecule has 1 aromatic carbocycles. The van der Waals surface area contributed by atoms with Crippen LogP contribution < -0.4 is 5.32 Å². The SMILES string of the molecule is Cc1cc(C)c2c(NC(=O)Cc3ccccc3)nn(C)c2n1. The summed E-state index contributed by atoms with van der Waals surface area (Å²) in [5, 5.41) is 8.20. The quantitative estimate of drug-likeness (QED) is 0.808. The third-order valence-corrected chi connectivity index (χ3v) is 3.58. The van der Waals surface area contributed by atoms with Gasteiger partial charge in [0.15, 0.2) is 11.5 Å². The number of nitrogens with zero attached hydrogens (tertiary/aromatic N) is 3. The summed E-state index contributed by atoms with van der Waals surface area (Å²) in [6.07, 6.45) is 0.331. The zero-order valence-corrected chi connectivity index (χ0v) is 12.9. The number of fused-ring (bicyclic) bond motifs is 1. The monoisotopic (exact) mass is 294 g/mol. The number of aryl methyl sites for hydroxylation is 3. The van der Waals surface area contributed by atoms with Gasteiger partial charge in [-0.25, -0.2) is 9.67 Å². The minimum atomic E-state index is -0.0776. The van der Waals surface area contributed by atoms with Gasteiger partial charge >= 0.3 is 0 Å². The van der Waals surface area contributed by atoms with Gasteiger partial charge in [-0.2, -0.15) is 5.10 Å². The molecule has 0 fully saturated rings. The van der Waals surface area contributed by atoms with Crippen molar-refractivity contribution in [3.8, 4) is 0 Å². The Morgan fingerprint density at radius 1 is 1.23 bits per heavy atom. The number of amides is 1. The molecule has 2 aromatic heterocycles. The molecule has 2 heterocycles. The number of nitrogens with one attached hydrogen (secondary N) is 1. The molecule has 0 aliphatic heterocycles. The van der Waals surface area contributed by atoms with E-state index in [1.807, 2.05) is 57.3 Å². The molecule has 0 unspecified atom stereocenters. The first-order chi connectivity index (χ1) is 10.5. The molecule has 3 rings (SSSR count). The number of pyridine rings is 1. The van der Waals surface area contributed by atoms with Crippen molar-refractivity contribution in [3.05, 3.63) is 53.2 Å². The smallest absolute Gasteiger partial charge is 0.230 e. The summed E-state index contributed by atoms with van der Waals surface area (Å²) in [7, 11) is 1.83. The van der Waals surface area contributed by atoms with E-state index in [2.05, 4.69) is 15.4 Å². The van der Waals surface area contributed by atoms with Crippen LogP contribution in [0.25, 0.3) is 11.0 Å². The molecule has 0 aliphatic carbocycles. The second kappa shape index (κ2) is 5.60. The van der Waals surface area contributed by atoms with Crippen LogP contribution in [0.4, 0.5) is 5.82 Å². The molecule has 0 radical (unpaired) electrons. The maximum absolute atomic E-state index is 12.2. The maximum Gasteiger partial charge on any atom is 0.230 e. The van der Waals surface area contributed by atoms with Crippen molar-refractivity contribution in [2.45, 2.75) is 20.3 Å². The first-order valence-corrected chi connectivity index (χ1v) is 7.19. The zero-order chi connectivity index (χ0) is 15.7. The van der Waals surface area contributed by atoms with Gasteiger partial charge in [-0.3, -0.25) is 4.79 Å². The van der Waals surface area contributed by atoms with Crippen LogP contribution in [0, 0.1) is 13.8 Å². The molecule has 3 aromatic rings. The lowest BCUT2D eigenvalue weighted by Gasteiger charge is -2.04. The molecule has 0 atom stereocenters. The summed E-state index contributed by atoms with van der Waals surface area (Å²) >= 11 is 0. The van der Waals surface area contributed by atoms with Crippen LogP contribution in [0.15, 0.2) is 36.4 Å². The van der Waals surface area contributed by atoms with Gasteiger partial charge < -0.3 is 5.32 Å². The average molecular weight is 294 g/mol. The highest BCUT2D eigenvalue weighted by Crippen LogP contribution is 2.25. The van der Waals surface area contributed by atoms with Gasteiger partial charge in [0, 0.05) is 12.7 Å². The lowest BCUT2D eigenvalue weighted by atomic mass is 10.1. The topological polar surface area (TPSA) is 59.8 Å². The van der Waals surface area contributed by atoms with E-state index in [1.165, 1.54) is 0 Å². The van der Waals surface area contributed by atoms with Gasteiger partial charge in [-0.15, -0.1) is 0 Å². The number of rotatable bonds is 3. The molecule has 1 N–H and O–H groups in total. The maximum atomic E-state index is 12.2. The molecule has 1 amide bonds. The van der Waals surface area contributed by atoms with E-state index in [9.17, 15) is 4.79 Å². The Morgan fingerprint density at radius 2 is 1.95 bits per heavy atom. The Morgan fingerprint density at radius 3 is 2.68 bits per heavy atom. The van der Waals surface area contributed by atoms with E-state index in [0.717, 1.165) is 27.9 Å². The second-order valence-corrected chi connectivity index (χ2v) is 5.46. The second-order valence-electron chi connectivity index (χ2n) is 5.46. The number of aromatic nitrogens is 3. The van der Waals surface area contributed by atoms with Crippen molar-refractivity contribution in [1.29, 1.82) is 0 Å². The van der Waals surface area contributed by atoms with E-state index in [-0.39, 0.29) is 5.91 Å². The molecule has 5 heteroatoms. The van der Waals surface area contributed by atoms with Gasteiger partial charge in [-0.1, -0.05) is 30.3 Å². The van der Waals surface area contributed by atoms with E-state index in [0.29, 0.717) is 12.2 Å². The number of hydrogen-bond donors (Lipinski definition) is 1. The first-order valence-electron chi connectivity index (χ1n) is 7.19. The van der Waals surface area contributed by atoms with Gasteiger partial charge in [0.2, 0.25) is 5.91 Å². The van der Waals surface area contributed by atoms with E-state index >= 15 is 0 Å². The van der Waals surface area contributed by atoms with Crippen LogP contribution in [0.1, 0.15) is 16.8 Å². The molecule has 112 valence electrons. The van der Waals surface area contributed by atoms with Crippen LogP contribution in [0.3, 0.4) is 0 Å². The van der Waals surface area contributed by atoms with Crippen molar-refractivity contribution < 1.29 is 4.79 Å². The first kappa shape index (κ1) is 14.3. The van der Waals surface area contributed by atoms with Gasteiger partial charge in [0.1, 0.15) is 0 Å². The Labute approximate surface area is 129 Å². The Kier molecular flexibility index (Phi) is 3.63. The van der Waals surface area contributed by atoms with Crippen LogP contribution in [-0.2, 0) is 18.3 Å². The van der Waals surface area contributed by atoms with Crippen molar-refractivity contribution >= 4 is 22.8 Å². The third kappa shape index (κ3) is 2.70. The number of carbonyl (C=O) groups is 1. The molecule has 0 saturated heterocycles. The zero-order valence-electron chi connectivity index (χ0n) is 12.9. The molecule has 0 aliphatic rings. The highest BCUT2D eigenvalue weighted by molar-refractivity contribution is 6.00. The van der Waals surface area contributed by atoms with E-state index in [4.69, 9.17) is 0 Å². The van der Waals surface area contributed by atoms with Gasteiger partial charge in [0.05, 0.1) is 11.8 Å². The molecular weight excluding hydrogens is 276 g/mol. The molecular formula is C17H18N4O. The van der Waals surface area contributed by atoms with Crippen molar-refractivity contribution in [2.24, 2.45) is 7.05 Å². The Bertz CT molecular complexity index is 837. The minimum Gasteiger partial charge on any atom is -0.308 e. The number of carbonyl (C=O) groups excluding carboxylic acids is 1. The lowest BCUT2D eigenvalue weighted by Crippen LogP contribution is -2.15. The highest BCUT2D eigenvalue weighted by Gasteiger charge is 2.15. The standard InChI is InChI=1S/C17H18N4O/c1-11-9-12(2)18-17-15(11)16(20-21(17)3)19-14(22)10-13-7-5-4-6-8-13/h4-9H,10H2,1-3H3,(H,19,20,22). The van der Waals surface area contributed by atoms with Crippen LogP contribution in [0.5, 0.6) is 0 Å². The van der Waals surface area contributed by atoms with E-state index in [1.54, 1.807) is 4.68 Å². The summed E-state index contributed by atoms with van der Waals surface area (Å²) < 4.78 is 1.70. The minimum absolute atomic E-state index is 0.0776. The third-order valence-electron chi connectivity index (χ3n) is 3.58. The van der Waals surface area contributed by atoms with Crippen molar-refractivity contribution in [3.63, 3.8) is 0 Å².